The number of hydrogen-bond acceptors (Lipinski definition) is 7. The van der Waals surface area contributed by atoms with Crippen LogP contribution in [0.15, 0.2) is 66.7 Å². The zero-order chi connectivity index (χ0) is 28.5. The molecule has 206 valence electrons. The Balaban J connectivity index is 2.15. The summed E-state index contributed by atoms with van der Waals surface area (Å²) in [5.41, 5.74) is 2.79. The summed E-state index contributed by atoms with van der Waals surface area (Å²) in [6.45, 7) is 3.75. The van der Waals surface area contributed by atoms with Gasteiger partial charge in [0, 0.05) is 34.4 Å². The van der Waals surface area contributed by atoms with E-state index < -0.39 is 18.0 Å². The van der Waals surface area contributed by atoms with Crippen LogP contribution < -0.4 is 19.1 Å². The SMILES string of the molecule is CCOC(=O)/C=C/C(=O)N(Cc1ccc(OC)cc1OC)c1ccc(Cl)cc1C(O)c1cccc(OC)c1C. The third kappa shape index (κ3) is 7.10. The molecule has 3 rings (SSSR count). The van der Waals surface area contributed by atoms with Gasteiger partial charge in [-0.25, -0.2) is 4.79 Å². The van der Waals surface area contributed by atoms with E-state index in [0.29, 0.717) is 44.6 Å². The first-order valence-electron chi connectivity index (χ1n) is 12.2. The molecular formula is C30H32ClNO7. The van der Waals surface area contributed by atoms with Crippen LogP contribution in [0.25, 0.3) is 0 Å². The van der Waals surface area contributed by atoms with Gasteiger partial charge in [0.2, 0.25) is 0 Å². The van der Waals surface area contributed by atoms with Crippen LogP contribution in [-0.2, 0) is 20.9 Å². The Hall–Kier alpha value is -4.01. The third-order valence-electron chi connectivity index (χ3n) is 6.15. The van der Waals surface area contributed by atoms with Gasteiger partial charge in [-0.2, -0.15) is 0 Å². The molecule has 0 saturated heterocycles. The molecule has 0 aliphatic rings. The van der Waals surface area contributed by atoms with Crippen molar-refractivity contribution in [3.63, 3.8) is 0 Å². The maximum absolute atomic E-state index is 13.6. The molecule has 9 heteroatoms. The first-order chi connectivity index (χ1) is 18.7. The first kappa shape index (κ1) is 29.5. The summed E-state index contributed by atoms with van der Waals surface area (Å²) in [6.07, 6.45) is 1.06. The largest absolute Gasteiger partial charge is 0.497 e. The number of nitrogens with zero attached hydrogens (tertiary/aromatic N) is 1. The van der Waals surface area contributed by atoms with E-state index in [9.17, 15) is 14.7 Å². The van der Waals surface area contributed by atoms with Gasteiger partial charge in [0.05, 0.1) is 40.2 Å². The van der Waals surface area contributed by atoms with E-state index in [1.54, 1.807) is 75.7 Å². The Morgan fingerprint density at radius 2 is 1.69 bits per heavy atom. The lowest BCUT2D eigenvalue weighted by molar-refractivity contribution is -0.137. The van der Waals surface area contributed by atoms with E-state index in [2.05, 4.69) is 0 Å². The summed E-state index contributed by atoms with van der Waals surface area (Å²) in [7, 11) is 4.63. The number of ether oxygens (including phenoxy) is 4. The minimum Gasteiger partial charge on any atom is -0.497 e. The van der Waals surface area contributed by atoms with E-state index in [1.807, 2.05) is 6.92 Å². The molecule has 1 N–H and O–H groups in total. The lowest BCUT2D eigenvalue weighted by Crippen LogP contribution is -2.30. The summed E-state index contributed by atoms with van der Waals surface area (Å²) in [5, 5.41) is 11.9. The van der Waals surface area contributed by atoms with Crippen molar-refractivity contribution in [1.29, 1.82) is 0 Å². The van der Waals surface area contributed by atoms with Crippen molar-refractivity contribution in [3.8, 4) is 17.2 Å². The summed E-state index contributed by atoms with van der Waals surface area (Å²) in [6, 6.07) is 15.5. The van der Waals surface area contributed by atoms with Crippen LogP contribution in [0.3, 0.4) is 0 Å². The topological polar surface area (TPSA) is 94.5 Å². The normalized spacial score (nSPS) is 11.7. The number of benzene rings is 3. The number of halogens is 1. The van der Waals surface area contributed by atoms with Gasteiger partial charge in [0.1, 0.15) is 23.4 Å². The van der Waals surface area contributed by atoms with Crippen LogP contribution in [0.4, 0.5) is 5.69 Å². The molecule has 0 fully saturated rings. The second kappa shape index (κ2) is 13.7. The molecular weight excluding hydrogens is 522 g/mol. The average Bonchev–Trinajstić information content (AvgIpc) is 2.94. The molecule has 0 aromatic heterocycles. The molecule has 0 spiro atoms. The van der Waals surface area contributed by atoms with Crippen LogP contribution in [0.2, 0.25) is 5.02 Å². The molecule has 0 saturated carbocycles. The highest BCUT2D eigenvalue weighted by Crippen LogP contribution is 2.38. The molecule has 0 aliphatic heterocycles. The highest BCUT2D eigenvalue weighted by molar-refractivity contribution is 6.30. The van der Waals surface area contributed by atoms with Gasteiger partial charge in [-0.3, -0.25) is 4.79 Å². The summed E-state index contributed by atoms with van der Waals surface area (Å²) in [4.78, 5) is 27.0. The number of esters is 1. The van der Waals surface area contributed by atoms with Crippen LogP contribution in [0.1, 0.15) is 35.3 Å². The second-order valence-corrected chi connectivity index (χ2v) is 8.90. The molecule has 1 unspecified atom stereocenters. The highest BCUT2D eigenvalue weighted by atomic mass is 35.5. The monoisotopic (exact) mass is 553 g/mol. The van der Waals surface area contributed by atoms with Crippen LogP contribution >= 0.6 is 11.6 Å². The molecule has 0 bridgehead atoms. The third-order valence-corrected chi connectivity index (χ3v) is 6.39. The molecule has 1 amide bonds. The number of carbonyl (C=O) groups is 2. The molecule has 39 heavy (non-hydrogen) atoms. The van der Waals surface area contributed by atoms with Gasteiger partial charge in [-0.05, 0) is 61.4 Å². The van der Waals surface area contributed by atoms with Crippen LogP contribution in [-0.4, -0.2) is 44.9 Å². The van der Waals surface area contributed by atoms with Gasteiger partial charge in [0.25, 0.3) is 5.91 Å². The number of methoxy groups -OCH3 is 3. The summed E-state index contributed by atoms with van der Waals surface area (Å²) in [5.74, 6) is 0.548. The van der Waals surface area contributed by atoms with Gasteiger partial charge < -0.3 is 29.0 Å². The van der Waals surface area contributed by atoms with Crippen molar-refractivity contribution in [1.82, 2.24) is 0 Å². The number of amides is 1. The van der Waals surface area contributed by atoms with Crippen molar-refractivity contribution in [3.05, 3.63) is 94.0 Å². The Morgan fingerprint density at radius 3 is 2.36 bits per heavy atom. The molecule has 0 radical (unpaired) electrons. The maximum atomic E-state index is 13.6. The van der Waals surface area contributed by atoms with E-state index >= 15 is 0 Å². The number of rotatable bonds is 11. The Kier molecular flexibility index (Phi) is 10.4. The molecule has 1 atom stereocenters. The van der Waals surface area contributed by atoms with E-state index in [4.69, 9.17) is 30.5 Å². The first-order valence-corrected chi connectivity index (χ1v) is 12.6. The highest BCUT2D eigenvalue weighted by Gasteiger charge is 2.25. The van der Waals surface area contributed by atoms with Gasteiger partial charge in [-0.15, -0.1) is 0 Å². The fourth-order valence-electron chi connectivity index (χ4n) is 4.16. The van der Waals surface area contributed by atoms with E-state index in [-0.39, 0.29) is 13.2 Å². The van der Waals surface area contributed by atoms with Crippen LogP contribution in [0, 0.1) is 6.92 Å². The minimum absolute atomic E-state index is 0.0532. The quantitative estimate of drug-likeness (QED) is 0.251. The molecule has 8 nitrogen and oxygen atoms in total. The number of hydrogen-bond donors (Lipinski definition) is 1. The molecule has 3 aromatic carbocycles. The molecule has 3 aromatic rings. The predicted molar refractivity (Wildman–Crippen MR) is 150 cm³/mol. The number of aliphatic hydroxyl groups excluding tert-OH is 1. The van der Waals surface area contributed by atoms with Crippen LogP contribution in [0.5, 0.6) is 17.2 Å². The lowest BCUT2D eigenvalue weighted by Gasteiger charge is -2.28. The average molecular weight is 554 g/mol. The molecule has 0 aliphatic carbocycles. The number of aliphatic hydroxyl groups is 1. The van der Waals surface area contributed by atoms with Crippen molar-refractivity contribution in [2.24, 2.45) is 0 Å². The minimum atomic E-state index is -1.14. The Labute approximate surface area is 233 Å². The summed E-state index contributed by atoms with van der Waals surface area (Å²) >= 11 is 6.36. The number of anilines is 1. The van der Waals surface area contributed by atoms with E-state index in [1.165, 1.54) is 12.0 Å². The maximum Gasteiger partial charge on any atom is 0.330 e. The van der Waals surface area contributed by atoms with Gasteiger partial charge in [-0.1, -0.05) is 23.7 Å². The van der Waals surface area contributed by atoms with E-state index in [0.717, 1.165) is 17.7 Å². The smallest absolute Gasteiger partial charge is 0.330 e. The Bertz CT molecular complexity index is 1360. The lowest BCUT2D eigenvalue weighted by atomic mass is 9.95. The number of carbonyl (C=O) groups excluding carboxylic acids is 2. The van der Waals surface area contributed by atoms with Crippen molar-refractivity contribution >= 4 is 29.2 Å². The fraction of sp³-hybridized carbons (Fsp3) is 0.267. The standard InChI is InChI=1S/C30H32ClNO7/c1-6-39-29(34)15-14-28(33)32(18-20-10-12-22(36-3)17-27(20)38-5)25-13-11-21(31)16-24(25)30(35)23-8-7-9-26(37-4)19(23)2/h7-17,30,35H,6,18H2,1-5H3/b15-14+. The van der Waals surface area contributed by atoms with Crippen molar-refractivity contribution < 1.29 is 33.6 Å². The van der Waals surface area contributed by atoms with Crippen molar-refractivity contribution in [2.45, 2.75) is 26.5 Å². The second-order valence-electron chi connectivity index (χ2n) is 8.47. The van der Waals surface area contributed by atoms with Crippen molar-refractivity contribution in [2.75, 3.05) is 32.8 Å². The predicted octanol–water partition coefficient (Wildman–Crippen LogP) is 5.41. The van der Waals surface area contributed by atoms with Gasteiger partial charge in [0.15, 0.2) is 0 Å². The molecule has 0 heterocycles. The van der Waals surface area contributed by atoms with Gasteiger partial charge >= 0.3 is 5.97 Å². The summed E-state index contributed by atoms with van der Waals surface area (Å²) < 4.78 is 21.2. The zero-order valence-corrected chi connectivity index (χ0v) is 23.3. The fourth-order valence-corrected chi connectivity index (χ4v) is 4.34. The zero-order valence-electron chi connectivity index (χ0n) is 22.6. The Morgan fingerprint density at radius 1 is 0.949 bits per heavy atom.